The van der Waals surface area contributed by atoms with Crippen LogP contribution < -0.4 is 0 Å². The molecule has 0 radical (unpaired) electrons. The average molecular weight is 268 g/mol. The number of aliphatic carboxylic acids is 1. The highest BCUT2D eigenvalue weighted by molar-refractivity contribution is 6.31. The summed E-state index contributed by atoms with van der Waals surface area (Å²) in [7, 11) is 0. The molecule has 0 saturated carbocycles. The lowest BCUT2D eigenvalue weighted by Gasteiger charge is -1.99. The third-order valence-corrected chi connectivity index (χ3v) is 2.91. The van der Waals surface area contributed by atoms with E-state index in [0.29, 0.717) is 21.5 Å². The molecule has 6 heteroatoms. The Morgan fingerprint density at radius 1 is 1.28 bits per heavy atom. The fourth-order valence-electron chi connectivity index (χ4n) is 1.89. The van der Waals surface area contributed by atoms with Gasteiger partial charge in [0, 0.05) is 22.3 Å². The smallest absolute Gasteiger partial charge is 0.352 e. The van der Waals surface area contributed by atoms with Crippen molar-refractivity contribution in [3.63, 3.8) is 0 Å². The number of rotatable bonds is 4. The highest BCUT2D eigenvalue weighted by Gasteiger charge is 2.17. The second-order valence-corrected chi connectivity index (χ2v) is 4.30. The lowest BCUT2D eigenvalue weighted by atomic mass is 10.1. The summed E-state index contributed by atoms with van der Waals surface area (Å²) in [5.74, 6) is -2.08. The van der Waals surface area contributed by atoms with Gasteiger partial charge in [-0.2, -0.15) is 0 Å². The second kappa shape index (κ2) is 4.70. The van der Waals surface area contributed by atoms with Crippen molar-refractivity contribution in [2.24, 2.45) is 0 Å². The first-order valence-electron chi connectivity index (χ1n) is 5.24. The van der Waals surface area contributed by atoms with Gasteiger partial charge in [0.25, 0.3) is 0 Å². The van der Waals surface area contributed by atoms with Crippen molar-refractivity contribution in [1.29, 1.82) is 0 Å². The molecule has 0 saturated heterocycles. The highest BCUT2D eigenvalue weighted by atomic mass is 35.5. The molecule has 0 atom stereocenters. The summed E-state index contributed by atoms with van der Waals surface area (Å²) in [6.45, 7) is 0. The molecule has 1 heterocycles. The van der Waals surface area contributed by atoms with E-state index in [1.165, 1.54) is 0 Å². The van der Waals surface area contributed by atoms with Crippen LogP contribution in [0.3, 0.4) is 0 Å². The van der Waals surface area contributed by atoms with Crippen LogP contribution in [-0.4, -0.2) is 27.1 Å². The first-order chi connectivity index (χ1) is 8.49. The van der Waals surface area contributed by atoms with E-state index in [9.17, 15) is 9.59 Å². The molecule has 1 aromatic carbocycles. The quantitative estimate of drug-likeness (QED) is 0.794. The SMILES string of the molecule is O=C(O)CCc1c(C(=O)O)[nH]c2ccc(Cl)cc12. The molecule has 18 heavy (non-hydrogen) atoms. The molecular formula is C12H10ClNO4. The van der Waals surface area contributed by atoms with Crippen molar-refractivity contribution < 1.29 is 19.8 Å². The van der Waals surface area contributed by atoms with E-state index < -0.39 is 11.9 Å². The van der Waals surface area contributed by atoms with Crippen LogP contribution in [0.2, 0.25) is 5.02 Å². The Morgan fingerprint density at radius 2 is 2.00 bits per heavy atom. The summed E-state index contributed by atoms with van der Waals surface area (Å²) in [5, 5.41) is 18.9. The zero-order valence-electron chi connectivity index (χ0n) is 9.24. The van der Waals surface area contributed by atoms with E-state index in [0.717, 1.165) is 0 Å². The molecule has 2 rings (SSSR count). The van der Waals surface area contributed by atoms with Crippen LogP contribution in [0.5, 0.6) is 0 Å². The van der Waals surface area contributed by atoms with Crippen LogP contribution in [0.4, 0.5) is 0 Å². The number of halogens is 1. The Balaban J connectivity index is 2.57. The number of aromatic nitrogens is 1. The predicted octanol–water partition coefficient (Wildman–Crippen LogP) is 2.54. The van der Waals surface area contributed by atoms with Crippen LogP contribution in [0.15, 0.2) is 18.2 Å². The van der Waals surface area contributed by atoms with Gasteiger partial charge in [-0.25, -0.2) is 4.79 Å². The van der Waals surface area contributed by atoms with Crippen molar-refractivity contribution in [2.75, 3.05) is 0 Å². The lowest BCUT2D eigenvalue weighted by Crippen LogP contribution is -2.04. The zero-order chi connectivity index (χ0) is 13.3. The molecule has 1 aromatic heterocycles. The number of hydrogen-bond acceptors (Lipinski definition) is 2. The number of hydrogen-bond donors (Lipinski definition) is 3. The topological polar surface area (TPSA) is 90.4 Å². The average Bonchev–Trinajstić information content (AvgIpc) is 2.64. The predicted molar refractivity (Wildman–Crippen MR) is 66.2 cm³/mol. The van der Waals surface area contributed by atoms with Crippen molar-refractivity contribution in [3.8, 4) is 0 Å². The molecule has 0 spiro atoms. The van der Waals surface area contributed by atoms with E-state index in [4.69, 9.17) is 21.8 Å². The largest absolute Gasteiger partial charge is 0.481 e. The van der Waals surface area contributed by atoms with Gasteiger partial charge in [-0.15, -0.1) is 0 Å². The molecule has 0 aliphatic rings. The first-order valence-corrected chi connectivity index (χ1v) is 5.62. The molecule has 0 aliphatic carbocycles. The third kappa shape index (κ3) is 2.31. The number of fused-ring (bicyclic) bond motifs is 1. The molecule has 0 fully saturated rings. The van der Waals surface area contributed by atoms with Crippen LogP contribution in [-0.2, 0) is 11.2 Å². The summed E-state index contributed by atoms with van der Waals surface area (Å²) in [5.41, 5.74) is 1.13. The van der Waals surface area contributed by atoms with Gasteiger partial charge in [-0.1, -0.05) is 11.6 Å². The van der Waals surface area contributed by atoms with Crippen LogP contribution in [0, 0.1) is 0 Å². The third-order valence-electron chi connectivity index (χ3n) is 2.67. The number of nitrogens with one attached hydrogen (secondary N) is 1. The fraction of sp³-hybridized carbons (Fsp3) is 0.167. The second-order valence-electron chi connectivity index (χ2n) is 3.87. The minimum atomic E-state index is -1.11. The summed E-state index contributed by atoms with van der Waals surface area (Å²) < 4.78 is 0. The number of carboxylic acid groups (broad SMARTS) is 2. The fourth-order valence-corrected chi connectivity index (χ4v) is 2.07. The van der Waals surface area contributed by atoms with Crippen LogP contribution in [0.1, 0.15) is 22.5 Å². The van der Waals surface area contributed by atoms with Gasteiger partial charge in [0.2, 0.25) is 0 Å². The van der Waals surface area contributed by atoms with Gasteiger partial charge in [-0.3, -0.25) is 4.79 Å². The highest BCUT2D eigenvalue weighted by Crippen LogP contribution is 2.26. The van der Waals surface area contributed by atoms with E-state index in [1.54, 1.807) is 18.2 Å². The van der Waals surface area contributed by atoms with E-state index in [1.807, 2.05) is 0 Å². The summed E-state index contributed by atoms with van der Waals surface area (Å²) in [6.07, 6.45) is 0.0249. The molecule has 2 aromatic rings. The number of H-pyrrole nitrogens is 1. The van der Waals surface area contributed by atoms with Gasteiger partial charge >= 0.3 is 11.9 Å². The number of aryl methyl sites for hydroxylation is 1. The molecule has 3 N–H and O–H groups in total. The maximum atomic E-state index is 11.1. The summed E-state index contributed by atoms with van der Waals surface area (Å²) in [6, 6.07) is 4.96. The van der Waals surface area contributed by atoms with Crippen LogP contribution in [0.25, 0.3) is 10.9 Å². The van der Waals surface area contributed by atoms with Crippen molar-refractivity contribution in [2.45, 2.75) is 12.8 Å². The number of aromatic amines is 1. The van der Waals surface area contributed by atoms with Gasteiger partial charge in [0.05, 0.1) is 0 Å². The van der Waals surface area contributed by atoms with Crippen molar-refractivity contribution in [1.82, 2.24) is 4.98 Å². The minimum Gasteiger partial charge on any atom is -0.481 e. The number of carboxylic acids is 2. The van der Waals surface area contributed by atoms with E-state index in [-0.39, 0.29) is 18.5 Å². The molecule has 94 valence electrons. The van der Waals surface area contributed by atoms with Gasteiger partial charge in [0.1, 0.15) is 5.69 Å². The zero-order valence-corrected chi connectivity index (χ0v) is 9.99. The molecular weight excluding hydrogens is 258 g/mol. The van der Waals surface area contributed by atoms with Gasteiger partial charge in [-0.05, 0) is 30.2 Å². The Morgan fingerprint density at radius 3 is 2.61 bits per heavy atom. The Kier molecular flexibility index (Phi) is 3.25. The van der Waals surface area contributed by atoms with Gasteiger partial charge in [0.15, 0.2) is 0 Å². The number of aromatic carboxylic acids is 1. The molecule has 5 nitrogen and oxygen atoms in total. The van der Waals surface area contributed by atoms with Gasteiger partial charge < -0.3 is 15.2 Å². The van der Waals surface area contributed by atoms with Crippen molar-refractivity contribution in [3.05, 3.63) is 34.5 Å². The Bertz CT molecular complexity index is 632. The number of benzene rings is 1. The lowest BCUT2D eigenvalue weighted by molar-refractivity contribution is -0.136. The summed E-state index contributed by atoms with van der Waals surface area (Å²) in [4.78, 5) is 24.5. The molecule has 0 amide bonds. The van der Waals surface area contributed by atoms with Crippen LogP contribution >= 0.6 is 11.6 Å². The minimum absolute atomic E-state index is 0.0218. The summed E-state index contributed by atoms with van der Waals surface area (Å²) >= 11 is 5.86. The standard InChI is InChI=1S/C12H10ClNO4/c13-6-1-3-9-8(5-6)7(2-4-10(15)16)11(14-9)12(17)18/h1,3,5,14H,2,4H2,(H,15,16)(H,17,18). The Labute approximate surface area is 107 Å². The molecule has 0 aliphatic heterocycles. The number of carbonyl (C=O) groups is 2. The maximum absolute atomic E-state index is 11.1. The Hall–Kier alpha value is -2.01. The van der Waals surface area contributed by atoms with E-state index in [2.05, 4.69) is 4.98 Å². The first kappa shape index (κ1) is 12.4. The normalized spacial score (nSPS) is 10.7. The maximum Gasteiger partial charge on any atom is 0.352 e. The monoisotopic (exact) mass is 267 g/mol. The molecule has 0 unspecified atom stereocenters. The molecule has 0 bridgehead atoms. The van der Waals surface area contributed by atoms with E-state index >= 15 is 0 Å². The van der Waals surface area contributed by atoms with Crippen molar-refractivity contribution >= 4 is 34.4 Å².